The highest BCUT2D eigenvalue weighted by Gasteiger charge is 2.10. The van der Waals surface area contributed by atoms with Crippen molar-refractivity contribution in [1.29, 1.82) is 0 Å². The molecule has 0 radical (unpaired) electrons. The maximum Gasteiger partial charge on any atom is 0.221 e. The fourth-order valence-corrected chi connectivity index (χ4v) is 2.37. The van der Waals surface area contributed by atoms with Crippen molar-refractivity contribution in [2.75, 3.05) is 11.4 Å². The first-order valence-corrected chi connectivity index (χ1v) is 7.78. The van der Waals surface area contributed by atoms with Gasteiger partial charge in [0.1, 0.15) is 0 Å². The molecule has 0 aliphatic heterocycles. The van der Waals surface area contributed by atoms with E-state index in [0.717, 1.165) is 12.2 Å². The number of amides is 1. The summed E-state index contributed by atoms with van der Waals surface area (Å²) in [5.74, 6) is 0.101. The molecule has 1 N–H and O–H groups in total. The van der Waals surface area contributed by atoms with Crippen molar-refractivity contribution >= 4 is 11.6 Å². The van der Waals surface area contributed by atoms with Gasteiger partial charge in [0.15, 0.2) is 0 Å². The Bertz CT molecular complexity index is 567. The van der Waals surface area contributed by atoms with Gasteiger partial charge >= 0.3 is 0 Å². The minimum Gasteiger partial charge on any atom is -0.367 e. The molecule has 0 aromatic heterocycles. The normalized spacial score (nSPS) is 10.5. The van der Waals surface area contributed by atoms with Crippen molar-refractivity contribution in [2.45, 2.75) is 32.9 Å². The molecule has 0 saturated carbocycles. The van der Waals surface area contributed by atoms with Crippen LogP contribution in [0, 0.1) is 0 Å². The molecule has 0 heterocycles. The summed E-state index contributed by atoms with van der Waals surface area (Å²) in [5.41, 5.74) is 2.39. The Labute approximate surface area is 133 Å². The zero-order chi connectivity index (χ0) is 15.8. The van der Waals surface area contributed by atoms with Crippen molar-refractivity contribution in [2.24, 2.45) is 0 Å². The summed E-state index contributed by atoms with van der Waals surface area (Å²) in [5, 5.41) is 2.95. The van der Waals surface area contributed by atoms with Crippen LogP contribution in [0.3, 0.4) is 0 Å². The molecule has 0 bridgehead atoms. The lowest BCUT2D eigenvalue weighted by Crippen LogP contribution is -2.34. The Balaban J connectivity index is 2.04. The second kappa shape index (κ2) is 8.23. The summed E-state index contributed by atoms with van der Waals surface area (Å²) >= 11 is 0. The highest BCUT2D eigenvalue weighted by molar-refractivity contribution is 5.76. The molecular formula is C19H24N2O. The quantitative estimate of drug-likeness (QED) is 0.846. The largest absolute Gasteiger partial charge is 0.367 e. The maximum absolute atomic E-state index is 11.9. The molecule has 116 valence electrons. The van der Waals surface area contributed by atoms with Gasteiger partial charge in [-0.05, 0) is 31.5 Å². The molecule has 2 aromatic carbocycles. The summed E-state index contributed by atoms with van der Waals surface area (Å²) in [6, 6.07) is 20.8. The molecule has 0 aliphatic rings. The zero-order valence-corrected chi connectivity index (χ0v) is 13.3. The first-order chi connectivity index (χ1) is 10.6. The number of carbonyl (C=O) groups is 1. The smallest absolute Gasteiger partial charge is 0.221 e. The van der Waals surface area contributed by atoms with Crippen molar-refractivity contribution < 1.29 is 4.79 Å². The van der Waals surface area contributed by atoms with Crippen LogP contribution in [0.5, 0.6) is 0 Å². The van der Waals surface area contributed by atoms with Crippen LogP contribution >= 0.6 is 0 Å². The summed E-state index contributed by atoms with van der Waals surface area (Å²) in [6.45, 7) is 5.48. The van der Waals surface area contributed by atoms with E-state index in [1.165, 1.54) is 5.56 Å². The number of nitrogens with one attached hydrogen (secondary N) is 1. The number of rotatable bonds is 7. The molecule has 3 heteroatoms. The van der Waals surface area contributed by atoms with Crippen LogP contribution in [0.2, 0.25) is 0 Å². The monoisotopic (exact) mass is 296 g/mol. The van der Waals surface area contributed by atoms with E-state index in [2.05, 4.69) is 34.5 Å². The van der Waals surface area contributed by atoms with Gasteiger partial charge in [0.2, 0.25) is 5.91 Å². The zero-order valence-electron chi connectivity index (χ0n) is 13.3. The van der Waals surface area contributed by atoms with Crippen LogP contribution in [-0.4, -0.2) is 18.5 Å². The predicted octanol–water partition coefficient (Wildman–Crippen LogP) is 3.61. The van der Waals surface area contributed by atoms with Crippen LogP contribution in [0.25, 0.3) is 0 Å². The summed E-state index contributed by atoms with van der Waals surface area (Å²) in [4.78, 5) is 14.1. The van der Waals surface area contributed by atoms with Gasteiger partial charge in [0.25, 0.3) is 0 Å². The molecule has 0 saturated heterocycles. The summed E-state index contributed by atoms with van der Waals surface area (Å²) < 4.78 is 0. The SMILES string of the molecule is CC(C)NC(=O)CCN(Cc1ccccc1)c1ccccc1. The first-order valence-electron chi connectivity index (χ1n) is 7.78. The van der Waals surface area contributed by atoms with Gasteiger partial charge in [0.05, 0.1) is 0 Å². The fraction of sp³-hybridized carbons (Fsp3) is 0.316. The highest BCUT2D eigenvalue weighted by Crippen LogP contribution is 2.17. The van der Waals surface area contributed by atoms with E-state index in [0.29, 0.717) is 13.0 Å². The standard InChI is InChI=1S/C19H24N2O/c1-16(2)20-19(22)13-14-21(18-11-7-4-8-12-18)15-17-9-5-3-6-10-17/h3-12,16H,13-15H2,1-2H3,(H,20,22). The molecule has 1 amide bonds. The minimum absolute atomic E-state index is 0.101. The predicted molar refractivity (Wildman–Crippen MR) is 91.8 cm³/mol. The molecule has 0 spiro atoms. The second-order valence-corrected chi connectivity index (χ2v) is 5.71. The van der Waals surface area contributed by atoms with E-state index in [1.54, 1.807) is 0 Å². The van der Waals surface area contributed by atoms with Crippen LogP contribution in [0.15, 0.2) is 60.7 Å². The maximum atomic E-state index is 11.9. The third-order valence-corrected chi connectivity index (χ3v) is 3.40. The number of para-hydroxylation sites is 1. The molecule has 0 atom stereocenters. The van der Waals surface area contributed by atoms with Gasteiger partial charge in [-0.3, -0.25) is 4.79 Å². The van der Waals surface area contributed by atoms with Gasteiger partial charge in [0, 0.05) is 31.2 Å². The van der Waals surface area contributed by atoms with Crippen molar-refractivity contribution in [1.82, 2.24) is 5.32 Å². The Morgan fingerprint density at radius 2 is 1.59 bits per heavy atom. The molecule has 0 fully saturated rings. The van der Waals surface area contributed by atoms with Crippen LogP contribution in [0.4, 0.5) is 5.69 Å². The first kappa shape index (κ1) is 16.1. The molecule has 3 nitrogen and oxygen atoms in total. The van der Waals surface area contributed by atoms with Gasteiger partial charge in [-0.15, -0.1) is 0 Å². The van der Waals surface area contributed by atoms with Gasteiger partial charge in [-0.25, -0.2) is 0 Å². The Hall–Kier alpha value is -2.29. The van der Waals surface area contributed by atoms with E-state index in [9.17, 15) is 4.79 Å². The number of hydrogen-bond donors (Lipinski definition) is 1. The molecular weight excluding hydrogens is 272 g/mol. The number of benzene rings is 2. The lowest BCUT2D eigenvalue weighted by molar-refractivity contribution is -0.121. The van der Waals surface area contributed by atoms with Gasteiger partial charge < -0.3 is 10.2 Å². The van der Waals surface area contributed by atoms with E-state index in [-0.39, 0.29) is 11.9 Å². The van der Waals surface area contributed by atoms with Crippen LogP contribution in [0.1, 0.15) is 25.8 Å². The third kappa shape index (κ3) is 5.24. The summed E-state index contributed by atoms with van der Waals surface area (Å²) in [6.07, 6.45) is 0.500. The highest BCUT2D eigenvalue weighted by atomic mass is 16.1. The average molecular weight is 296 g/mol. The Morgan fingerprint density at radius 1 is 1.00 bits per heavy atom. The number of nitrogens with zero attached hydrogens (tertiary/aromatic N) is 1. The van der Waals surface area contributed by atoms with Gasteiger partial charge in [-0.1, -0.05) is 48.5 Å². The van der Waals surface area contributed by atoms with Gasteiger partial charge in [-0.2, -0.15) is 0 Å². The lowest BCUT2D eigenvalue weighted by Gasteiger charge is -2.25. The van der Waals surface area contributed by atoms with Crippen molar-refractivity contribution in [3.63, 3.8) is 0 Å². The molecule has 2 aromatic rings. The lowest BCUT2D eigenvalue weighted by atomic mass is 10.2. The molecule has 2 rings (SSSR count). The fourth-order valence-electron chi connectivity index (χ4n) is 2.37. The Morgan fingerprint density at radius 3 is 2.18 bits per heavy atom. The summed E-state index contributed by atoms with van der Waals surface area (Å²) in [7, 11) is 0. The number of hydrogen-bond acceptors (Lipinski definition) is 2. The number of carbonyl (C=O) groups excluding carboxylic acids is 1. The van der Waals surface area contributed by atoms with E-state index in [4.69, 9.17) is 0 Å². The molecule has 22 heavy (non-hydrogen) atoms. The van der Waals surface area contributed by atoms with Crippen LogP contribution < -0.4 is 10.2 Å². The Kier molecular flexibility index (Phi) is 6.01. The van der Waals surface area contributed by atoms with E-state index < -0.39 is 0 Å². The van der Waals surface area contributed by atoms with E-state index >= 15 is 0 Å². The van der Waals surface area contributed by atoms with Crippen LogP contribution in [-0.2, 0) is 11.3 Å². The minimum atomic E-state index is 0.101. The van der Waals surface area contributed by atoms with Crippen molar-refractivity contribution in [3.8, 4) is 0 Å². The second-order valence-electron chi connectivity index (χ2n) is 5.71. The molecule has 0 aliphatic carbocycles. The third-order valence-electron chi connectivity index (χ3n) is 3.40. The molecule has 0 unspecified atom stereocenters. The van der Waals surface area contributed by atoms with Crippen molar-refractivity contribution in [3.05, 3.63) is 66.2 Å². The number of anilines is 1. The topological polar surface area (TPSA) is 32.3 Å². The van der Waals surface area contributed by atoms with E-state index in [1.807, 2.05) is 50.2 Å². The average Bonchev–Trinajstić information content (AvgIpc) is 2.52.